The Morgan fingerprint density at radius 1 is 1.21 bits per heavy atom. The normalized spacial score (nSPS) is 11.4. The Bertz CT molecular complexity index is 633. The van der Waals surface area contributed by atoms with Gasteiger partial charge >= 0.3 is 0 Å². The molecule has 6 heteroatoms. The second-order valence-corrected chi connectivity index (χ2v) is 5.52. The molecule has 0 unspecified atom stereocenters. The van der Waals surface area contributed by atoms with Crippen LogP contribution in [0.5, 0.6) is 5.75 Å². The Balaban J connectivity index is 1.77. The molecule has 0 aliphatic rings. The first kappa shape index (κ1) is 17.8. The number of aliphatic imine (C=N–C) groups is 1. The predicted molar refractivity (Wildman–Crippen MR) is 97.3 cm³/mol. The lowest BCUT2D eigenvalue weighted by atomic mass is 10.1. The number of hydrogen-bond donors (Lipinski definition) is 2. The van der Waals surface area contributed by atoms with E-state index in [1.54, 1.807) is 13.3 Å². The number of methoxy groups -OCH3 is 1. The highest BCUT2D eigenvalue weighted by Gasteiger charge is 2.01. The molecule has 2 aromatic rings. The third-order valence-corrected chi connectivity index (χ3v) is 3.76. The van der Waals surface area contributed by atoms with Crippen LogP contribution < -0.4 is 15.4 Å². The zero-order valence-corrected chi connectivity index (χ0v) is 14.7. The van der Waals surface area contributed by atoms with Crippen molar-refractivity contribution in [2.75, 3.05) is 20.2 Å². The number of aryl methyl sites for hydroxylation is 2. The third-order valence-electron chi connectivity index (χ3n) is 3.76. The number of nitrogens with zero attached hydrogens (tertiary/aromatic N) is 3. The standard InChI is InChI=1S/C18H27N5O/c1-4-19-18(21-14-16-11-13-22-23(16)2)20-12-5-6-15-7-9-17(24-3)10-8-15/h7-11,13H,4-6,12,14H2,1-3H3,(H2,19,20,21). The summed E-state index contributed by atoms with van der Waals surface area (Å²) in [5.74, 6) is 1.74. The average Bonchev–Trinajstić information content (AvgIpc) is 3.02. The number of guanidine groups is 1. The van der Waals surface area contributed by atoms with E-state index >= 15 is 0 Å². The molecule has 0 atom stereocenters. The maximum absolute atomic E-state index is 5.18. The third kappa shape index (κ3) is 5.61. The molecule has 24 heavy (non-hydrogen) atoms. The minimum Gasteiger partial charge on any atom is -0.497 e. The van der Waals surface area contributed by atoms with E-state index < -0.39 is 0 Å². The summed E-state index contributed by atoms with van der Waals surface area (Å²) in [4.78, 5) is 4.60. The van der Waals surface area contributed by atoms with Crippen LogP contribution in [0.3, 0.4) is 0 Å². The van der Waals surface area contributed by atoms with Crippen LogP contribution in [-0.2, 0) is 20.0 Å². The molecule has 0 amide bonds. The smallest absolute Gasteiger partial charge is 0.191 e. The molecule has 0 fully saturated rings. The first-order chi connectivity index (χ1) is 11.7. The maximum Gasteiger partial charge on any atom is 0.191 e. The molecule has 0 saturated heterocycles. The molecular weight excluding hydrogens is 302 g/mol. The van der Waals surface area contributed by atoms with E-state index in [2.05, 4.69) is 39.8 Å². The van der Waals surface area contributed by atoms with Crippen LogP contribution in [0.4, 0.5) is 0 Å². The van der Waals surface area contributed by atoms with Gasteiger partial charge in [0.25, 0.3) is 0 Å². The second-order valence-electron chi connectivity index (χ2n) is 5.52. The summed E-state index contributed by atoms with van der Waals surface area (Å²) in [6, 6.07) is 10.2. The number of nitrogens with one attached hydrogen (secondary N) is 2. The number of ether oxygens (including phenoxy) is 1. The van der Waals surface area contributed by atoms with Gasteiger partial charge in [-0.05, 0) is 43.5 Å². The van der Waals surface area contributed by atoms with Crippen LogP contribution in [0.15, 0.2) is 41.5 Å². The predicted octanol–water partition coefficient (Wildman–Crippen LogP) is 2.12. The fraction of sp³-hybridized carbons (Fsp3) is 0.444. The van der Waals surface area contributed by atoms with Gasteiger partial charge in [0, 0.05) is 26.3 Å². The molecule has 1 heterocycles. The van der Waals surface area contributed by atoms with Gasteiger partial charge in [0.1, 0.15) is 5.75 Å². The van der Waals surface area contributed by atoms with Gasteiger partial charge in [0.2, 0.25) is 0 Å². The lowest BCUT2D eigenvalue weighted by Gasteiger charge is -2.11. The molecule has 1 aromatic heterocycles. The Labute approximate surface area is 143 Å². The van der Waals surface area contributed by atoms with E-state index in [1.165, 1.54) is 5.56 Å². The number of rotatable bonds is 8. The summed E-state index contributed by atoms with van der Waals surface area (Å²) in [5.41, 5.74) is 2.40. The van der Waals surface area contributed by atoms with Crippen molar-refractivity contribution >= 4 is 5.96 Å². The van der Waals surface area contributed by atoms with Gasteiger partial charge < -0.3 is 15.4 Å². The zero-order valence-electron chi connectivity index (χ0n) is 14.7. The molecule has 0 aliphatic heterocycles. The lowest BCUT2D eigenvalue weighted by Crippen LogP contribution is -2.37. The fourth-order valence-electron chi connectivity index (χ4n) is 2.35. The van der Waals surface area contributed by atoms with Crippen molar-refractivity contribution in [1.82, 2.24) is 20.4 Å². The molecule has 1 aromatic carbocycles. The monoisotopic (exact) mass is 329 g/mol. The molecule has 0 aliphatic carbocycles. The average molecular weight is 329 g/mol. The largest absolute Gasteiger partial charge is 0.497 e. The molecule has 2 rings (SSSR count). The Morgan fingerprint density at radius 3 is 2.62 bits per heavy atom. The molecular formula is C18H27N5O. The molecule has 130 valence electrons. The summed E-state index contributed by atoms with van der Waals surface area (Å²) in [5, 5.41) is 10.8. The summed E-state index contributed by atoms with van der Waals surface area (Å²) < 4.78 is 7.02. The minimum absolute atomic E-state index is 0.615. The van der Waals surface area contributed by atoms with Crippen molar-refractivity contribution in [3.05, 3.63) is 47.8 Å². The topological polar surface area (TPSA) is 63.5 Å². The highest BCUT2D eigenvalue weighted by molar-refractivity contribution is 5.79. The summed E-state index contributed by atoms with van der Waals surface area (Å²) in [6.45, 7) is 4.40. The van der Waals surface area contributed by atoms with Gasteiger partial charge in [-0.15, -0.1) is 0 Å². The van der Waals surface area contributed by atoms with Crippen LogP contribution >= 0.6 is 0 Å². The van der Waals surface area contributed by atoms with Crippen LogP contribution in [0.1, 0.15) is 24.6 Å². The van der Waals surface area contributed by atoms with E-state index in [0.717, 1.165) is 43.3 Å². The summed E-state index contributed by atoms with van der Waals surface area (Å²) in [7, 11) is 3.62. The number of aromatic nitrogens is 2. The van der Waals surface area contributed by atoms with E-state index in [4.69, 9.17) is 4.74 Å². The van der Waals surface area contributed by atoms with Crippen LogP contribution in [0.2, 0.25) is 0 Å². The van der Waals surface area contributed by atoms with Crippen LogP contribution in [0, 0.1) is 0 Å². The lowest BCUT2D eigenvalue weighted by molar-refractivity contribution is 0.414. The maximum atomic E-state index is 5.18. The SMILES string of the molecule is CCNC(=NCc1ccnn1C)NCCCc1ccc(OC)cc1. The first-order valence-corrected chi connectivity index (χ1v) is 8.35. The fourth-order valence-corrected chi connectivity index (χ4v) is 2.35. The molecule has 0 bridgehead atoms. The van der Waals surface area contributed by atoms with Crippen molar-refractivity contribution < 1.29 is 4.74 Å². The van der Waals surface area contributed by atoms with Gasteiger partial charge in [0.15, 0.2) is 5.96 Å². The number of hydrogen-bond acceptors (Lipinski definition) is 3. The summed E-state index contributed by atoms with van der Waals surface area (Å²) in [6.07, 6.45) is 3.86. The van der Waals surface area contributed by atoms with Crippen molar-refractivity contribution in [3.8, 4) is 5.75 Å². The zero-order chi connectivity index (χ0) is 17.2. The molecule has 0 spiro atoms. The molecule has 2 N–H and O–H groups in total. The van der Waals surface area contributed by atoms with Gasteiger partial charge in [-0.25, -0.2) is 4.99 Å². The van der Waals surface area contributed by atoms with Gasteiger partial charge in [-0.3, -0.25) is 4.68 Å². The molecule has 6 nitrogen and oxygen atoms in total. The van der Waals surface area contributed by atoms with Crippen LogP contribution in [0.25, 0.3) is 0 Å². The first-order valence-electron chi connectivity index (χ1n) is 8.35. The Morgan fingerprint density at radius 2 is 2.00 bits per heavy atom. The highest BCUT2D eigenvalue weighted by atomic mass is 16.5. The van der Waals surface area contributed by atoms with Gasteiger partial charge in [-0.2, -0.15) is 5.10 Å². The minimum atomic E-state index is 0.615. The number of benzene rings is 1. The van der Waals surface area contributed by atoms with Crippen molar-refractivity contribution in [2.45, 2.75) is 26.3 Å². The van der Waals surface area contributed by atoms with Crippen molar-refractivity contribution in [1.29, 1.82) is 0 Å². The molecule has 0 radical (unpaired) electrons. The molecule has 0 saturated carbocycles. The van der Waals surface area contributed by atoms with E-state index in [9.17, 15) is 0 Å². The van der Waals surface area contributed by atoms with Crippen molar-refractivity contribution in [2.24, 2.45) is 12.0 Å². The Kier molecular flexibility index (Phi) is 7.14. The summed E-state index contributed by atoms with van der Waals surface area (Å²) >= 11 is 0. The highest BCUT2D eigenvalue weighted by Crippen LogP contribution is 2.12. The van der Waals surface area contributed by atoms with E-state index in [-0.39, 0.29) is 0 Å². The van der Waals surface area contributed by atoms with Gasteiger partial charge in [0.05, 0.1) is 19.3 Å². The Hall–Kier alpha value is -2.50. The van der Waals surface area contributed by atoms with Crippen LogP contribution in [-0.4, -0.2) is 35.9 Å². The van der Waals surface area contributed by atoms with E-state index in [0.29, 0.717) is 6.54 Å². The quantitative estimate of drug-likeness (QED) is 0.442. The van der Waals surface area contributed by atoms with Gasteiger partial charge in [-0.1, -0.05) is 12.1 Å². The second kappa shape index (κ2) is 9.60. The van der Waals surface area contributed by atoms with E-state index in [1.807, 2.05) is 29.9 Å². The van der Waals surface area contributed by atoms with Crippen molar-refractivity contribution in [3.63, 3.8) is 0 Å².